The van der Waals surface area contributed by atoms with Crippen molar-refractivity contribution in [3.05, 3.63) is 0 Å². The highest BCUT2D eigenvalue weighted by Crippen LogP contribution is 2.03. The molecule has 4 nitrogen and oxygen atoms in total. The lowest BCUT2D eigenvalue weighted by Gasteiger charge is -1.83. The second kappa shape index (κ2) is 1.47. The summed E-state index contributed by atoms with van der Waals surface area (Å²) in [5.74, 6) is -1.50. The molecule has 4 heteroatoms. The van der Waals surface area contributed by atoms with Gasteiger partial charge in [0.15, 0.2) is 0 Å². The van der Waals surface area contributed by atoms with Gasteiger partial charge in [-0.25, -0.2) is 4.79 Å². The van der Waals surface area contributed by atoms with Crippen LogP contribution >= 0.6 is 0 Å². The van der Waals surface area contributed by atoms with Gasteiger partial charge in [-0.15, -0.1) is 0 Å². The van der Waals surface area contributed by atoms with E-state index in [0.29, 0.717) is 0 Å². The van der Waals surface area contributed by atoms with Crippen LogP contribution in [0.4, 0.5) is 0 Å². The van der Waals surface area contributed by atoms with Crippen molar-refractivity contribution in [2.75, 3.05) is 0 Å². The molecule has 0 aliphatic carbocycles. The minimum Gasteiger partial charge on any atom is -0.340 e. The Bertz CT molecular complexity index is 131. The molecule has 1 heterocycles. The number of rotatable bonds is 0. The molecule has 1 unspecified atom stereocenters. The van der Waals surface area contributed by atoms with Gasteiger partial charge in [-0.1, -0.05) is 0 Å². The molecule has 1 amide bonds. The molecule has 1 fully saturated rings. The number of nitrogens with one attached hydrogen (secondary N) is 1. The number of hydroxylamine groups is 1. The third-order valence-corrected chi connectivity index (χ3v) is 0.999. The van der Waals surface area contributed by atoms with Crippen molar-refractivity contribution in [2.24, 2.45) is 5.92 Å². The summed E-state index contributed by atoms with van der Waals surface area (Å²) in [5.41, 5.74) is 1.93. The van der Waals surface area contributed by atoms with Crippen molar-refractivity contribution in [3.8, 4) is 0 Å². The maximum atomic E-state index is 10.3. The van der Waals surface area contributed by atoms with E-state index in [1.54, 1.807) is 0 Å². The summed E-state index contributed by atoms with van der Waals surface area (Å²) in [6.45, 7) is 1.49. The highest BCUT2D eigenvalue weighted by Gasteiger charge is 2.30. The van der Waals surface area contributed by atoms with E-state index in [1.165, 1.54) is 6.92 Å². The standard InChI is InChI=1S/C4H5NO3.H2/c1-2-3(6)5-8-4(2)7;/h2H,1H3,(H,5,6);1H. The van der Waals surface area contributed by atoms with Crippen molar-refractivity contribution in [1.82, 2.24) is 5.48 Å². The molecule has 1 atom stereocenters. The maximum Gasteiger partial charge on any atom is 0.344 e. The van der Waals surface area contributed by atoms with Crippen molar-refractivity contribution >= 4 is 11.9 Å². The quantitative estimate of drug-likeness (QED) is 0.433. The first-order chi connectivity index (χ1) is 3.72. The van der Waals surface area contributed by atoms with Gasteiger partial charge in [-0.3, -0.25) is 4.79 Å². The Hall–Kier alpha value is -1.06. The van der Waals surface area contributed by atoms with Gasteiger partial charge in [0.05, 0.1) is 0 Å². The molecule has 1 N–H and O–H groups in total. The first-order valence-corrected chi connectivity index (χ1v) is 2.22. The van der Waals surface area contributed by atoms with Gasteiger partial charge in [0.2, 0.25) is 0 Å². The zero-order valence-electron chi connectivity index (χ0n) is 4.30. The first kappa shape index (κ1) is 5.08. The number of hydrogen-bond donors (Lipinski definition) is 1. The molecule has 0 saturated carbocycles. The molecule has 0 spiro atoms. The SMILES string of the molecule is CC1C(=O)NOC1=O.[HH]. The van der Waals surface area contributed by atoms with Crippen LogP contribution in [0, 0.1) is 5.92 Å². The number of amides is 1. The third kappa shape index (κ3) is 0.538. The molecular weight excluding hydrogens is 110 g/mol. The third-order valence-electron chi connectivity index (χ3n) is 0.999. The van der Waals surface area contributed by atoms with Crippen LogP contribution in [0.25, 0.3) is 0 Å². The van der Waals surface area contributed by atoms with Gasteiger partial charge in [0.25, 0.3) is 5.91 Å². The van der Waals surface area contributed by atoms with E-state index in [2.05, 4.69) is 4.84 Å². The molecule has 1 rings (SSSR count). The Balaban J connectivity index is 0.000000640. The Kier molecular flexibility index (Phi) is 0.932. The average molecular weight is 117 g/mol. The largest absolute Gasteiger partial charge is 0.344 e. The molecule has 0 aromatic heterocycles. The second-order valence-electron chi connectivity index (χ2n) is 1.61. The van der Waals surface area contributed by atoms with Crippen molar-refractivity contribution < 1.29 is 15.9 Å². The Morgan fingerprint density at radius 3 is 2.50 bits per heavy atom. The van der Waals surface area contributed by atoms with Gasteiger partial charge < -0.3 is 4.84 Å². The summed E-state index contributed by atoms with van der Waals surface area (Å²) in [4.78, 5) is 24.7. The summed E-state index contributed by atoms with van der Waals surface area (Å²) in [6, 6.07) is 0. The number of carbonyl (C=O) groups excluding carboxylic acids is 2. The minimum atomic E-state index is -0.630. The summed E-state index contributed by atoms with van der Waals surface area (Å²) < 4.78 is 0. The molecule has 46 valence electrons. The normalized spacial score (nSPS) is 27.4. The zero-order valence-corrected chi connectivity index (χ0v) is 4.30. The van der Waals surface area contributed by atoms with E-state index in [4.69, 9.17) is 0 Å². The molecule has 0 aromatic rings. The topological polar surface area (TPSA) is 55.4 Å². The van der Waals surface area contributed by atoms with Crippen LogP contribution in [-0.2, 0) is 14.4 Å². The Labute approximate surface area is 47.3 Å². The van der Waals surface area contributed by atoms with E-state index in [0.717, 1.165) is 0 Å². The number of hydrogen-bond acceptors (Lipinski definition) is 3. The summed E-state index contributed by atoms with van der Waals surface area (Å²) in [6.07, 6.45) is 0. The van der Waals surface area contributed by atoms with Crippen LogP contribution in [-0.4, -0.2) is 11.9 Å². The van der Waals surface area contributed by atoms with E-state index in [1.807, 2.05) is 5.48 Å². The van der Waals surface area contributed by atoms with E-state index >= 15 is 0 Å². The predicted octanol–water partition coefficient (Wildman–Crippen LogP) is -0.544. The smallest absolute Gasteiger partial charge is 0.340 e. The van der Waals surface area contributed by atoms with Gasteiger partial charge >= 0.3 is 5.97 Å². The average Bonchev–Trinajstić information content (AvgIpc) is 1.98. The van der Waals surface area contributed by atoms with Gasteiger partial charge in [0, 0.05) is 1.43 Å². The number of carbonyl (C=O) groups is 2. The summed E-state index contributed by atoms with van der Waals surface area (Å²) in [7, 11) is 0. The van der Waals surface area contributed by atoms with Crippen LogP contribution < -0.4 is 5.48 Å². The van der Waals surface area contributed by atoms with Crippen LogP contribution in [0.3, 0.4) is 0 Å². The Morgan fingerprint density at radius 2 is 2.38 bits per heavy atom. The Morgan fingerprint density at radius 1 is 1.75 bits per heavy atom. The van der Waals surface area contributed by atoms with Crippen molar-refractivity contribution in [1.29, 1.82) is 0 Å². The second-order valence-corrected chi connectivity index (χ2v) is 1.61. The fraction of sp³-hybridized carbons (Fsp3) is 0.500. The maximum absolute atomic E-state index is 10.3. The minimum absolute atomic E-state index is 0. The highest BCUT2D eigenvalue weighted by molar-refractivity contribution is 6.00. The molecule has 0 radical (unpaired) electrons. The van der Waals surface area contributed by atoms with Gasteiger partial charge in [-0.05, 0) is 6.92 Å². The predicted molar refractivity (Wildman–Crippen MR) is 25.5 cm³/mol. The molecule has 0 bridgehead atoms. The van der Waals surface area contributed by atoms with Gasteiger partial charge in [0.1, 0.15) is 5.92 Å². The van der Waals surface area contributed by atoms with Crippen LogP contribution in [0.1, 0.15) is 8.35 Å². The summed E-state index contributed by atoms with van der Waals surface area (Å²) in [5, 5.41) is 0. The fourth-order valence-electron chi connectivity index (χ4n) is 0.384. The molecule has 1 aliphatic heterocycles. The van der Waals surface area contributed by atoms with Crippen LogP contribution in [0.5, 0.6) is 0 Å². The van der Waals surface area contributed by atoms with Gasteiger partial charge in [-0.2, -0.15) is 5.48 Å². The summed E-state index contributed by atoms with van der Waals surface area (Å²) >= 11 is 0. The molecule has 0 aromatic carbocycles. The van der Waals surface area contributed by atoms with Crippen LogP contribution in [0.15, 0.2) is 0 Å². The lowest BCUT2D eigenvalue weighted by Crippen LogP contribution is -2.16. The van der Waals surface area contributed by atoms with E-state index in [9.17, 15) is 9.59 Å². The molecular formula is C4H7NO3. The lowest BCUT2D eigenvalue weighted by atomic mass is 10.2. The lowest BCUT2D eigenvalue weighted by molar-refractivity contribution is -0.145. The van der Waals surface area contributed by atoms with Crippen molar-refractivity contribution in [2.45, 2.75) is 6.92 Å². The molecule has 1 aliphatic rings. The van der Waals surface area contributed by atoms with E-state index < -0.39 is 11.9 Å². The highest BCUT2D eigenvalue weighted by atomic mass is 16.7. The zero-order chi connectivity index (χ0) is 6.15. The first-order valence-electron chi connectivity index (χ1n) is 2.22. The monoisotopic (exact) mass is 117 g/mol. The molecule has 8 heavy (non-hydrogen) atoms. The fourth-order valence-corrected chi connectivity index (χ4v) is 0.384. The van der Waals surface area contributed by atoms with Crippen LogP contribution in [0.2, 0.25) is 0 Å². The van der Waals surface area contributed by atoms with Crippen molar-refractivity contribution in [3.63, 3.8) is 0 Å². The molecule has 1 saturated heterocycles. The van der Waals surface area contributed by atoms with E-state index in [-0.39, 0.29) is 7.33 Å².